The Morgan fingerprint density at radius 3 is 2.12 bits per heavy atom. The van der Waals surface area contributed by atoms with Crippen molar-refractivity contribution >= 4 is 11.6 Å². The number of hydrogen-bond acceptors (Lipinski definition) is 2. The highest BCUT2D eigenvalue weighted by Crippen LogP contribution is 2.32. The highest BCUT2D eigenvalue weighted by molar-refractivity contribution is 5.94. The highest BCUT2D eigenvalue weighted by Gasteiger charge is 2.33. The molecule has 3 nitrogen and oxygen atoms in total. The lowest BCUT2D eigenvalue weighted by molar-refractivity contribution is -0.137. The molecule has 0 heterocycles. The zero-order chi connectivity index (χ0) is 17.3. The van der Waals surface area contributed by atoms with Gasteiger partial charge in [0.25, 0.3) is 5.91 Å². The molecule has 0 atom stereocenters. The lowest BCUT2D eigenvalue weighted by Gasteiger charge is -2.23. The molecule has 0 aromatic heterocycles. The first-order chi connectivity index (χ1) is 11.3. The van der Waals surface area contributed by atoms with Gasteiger partial charge in [-0.2, -0.15) is 13.2 Å². The molecule has 0 saturated heterocycles. The number of hydrogen-bond donors (Lipinski definition) is 1. The Bertz CT molecular complexity index is 719. The first kappa shape index (κ1) is 16.4. The smallest absolute Gasteiger partial charge is 0.399 e. The molecular formula is C18H17F3N2O. The molecule has 0 spiro atoms. The zero-order valence-corrected chi connectivity index (χ0v) is 12.9. The van der Waals surface area contributed by atoms with Crippen molar-refractivity contribution in [1.29, 1.82) is 0 Å². The minimum Gasteiger partial charge on any atom is -0.399 e. The second kappa shape index (κ2) is 6.19. The normalized spacial score (nSPS) is 14.5. The molecule has 0 unspecified atom stereocenters. The maximum atomic E-state index is 12.7. The Labute approximate surface area is 137 Å². The van der Waals surface area contributed by atoms with E-state index in [0.717, 1.165) is 25.0 Å². The van der Waals surface area contributed by atoms with Crippen LogP contribution in [0.4, 0.5) is 18.9 Å². The molecule has 2 N–H and O–H groups in total. The summed E-state index contributed by atoms with van der Waals surface area (Å²) in [6.45, 7) is 0.298. The van der Waals surface area contributed by atoms with Crippen LogP contribution < -0.4 is 5.73 Å². The number of carbonyl (C=O) groups excluding carboxylic acids is 1. The zero-order valence-electron chi connectivity index (χ0n) is 12.9. The van der Waals surface area contributed by atoms with Crippen LogP contribution >= 0.6 is 0 Å². The molecule has 2 aromatic rings. The van der Waals surface area contributed by atoms with E-state index >= 15 is 0 Å². The maximum Gasteiger partial charge on any atom is 0.416 e. The molecule has 1 saturated carbocycles. The van der Waals surface area contributed by atoms with Crippen molar-refractivity contribution in [2.24, 2.45) is 0 Å². The topological polar surface area (TPSA) is 46.3 Å². The van der Waals surface area contributed by atoms with Crippen molar-refractivity contribution in [2.45, 2.75) is 31.6 Å². The third-order valence-electron chi connectivity index (χ3n) is 4.04. The van der Waals surface area contributed by atoms with E-state index in [1.54, 1.807) is 29.2 Å². The first-order valence-corrected chi connectivity index (χ1v) is 7.67. The Kier molecular flexibility index (Phi) is 4.22. The van der Waals surface area contributed by atoms with Crippen molar-refractivity contribution in [3.05, 3.63) is 65.2 Å². The predicted molar refractivity (Wildman–Crippen MR) is 85.2 cm³/mol. The Morgan fingerprint density at radius 2 is 1.62 bits per heavy atom. The number of anilines is 1. The van der Waals surface area contributed by atoms with Crippen LogP contribution in [0.5, 0.6) is 0 Å². The quantitative estimate of drug-likeness (QED) is 0.856. The standard InChI is InChI=1S/C18H17F3N2O/c19-18(20,21)14-5-1-12(2-6-14)11-23(16-9-10-16)17(24)13-3-7-15(22)8-4-13/h1-8,16H,9-11,22H2. The average Bonchev–Trinajstić information content (AvgIpc) is 3.37. The molecule has 0 bridgehead atoms. The van der Waals surface area contributed by atoms with Gasteiger partial charge in [-0.25, -0.2) is 0 Å². The van der Waals surface area contributed by atoms with E-state index in [1.165, 1.54) is 12.1 Å². The number of nitrogens with zero attached hydrogens (tertiary/aromatic N) is 1. The molecule has 1 amide bonds. The van der Waals surface area contributed by atoms with E-state index in [0.29, 0.717) is 23.4 Å². The summed E-state index contributed by atoms with van der Waals surface area (Å²) < 4.78 is 37.9. The van der Waals surface area contributed by atoms with Crippen molar-refractivity contribution < 1.29 is 18.0 Å². The van der Waals surface area contributed by atoms with Gasteiger partial charge < -0.3 is 10.6 Å². The summed E-state index contributed by atoms with van der Waals surface area (Å²) in [5.41, 5.74) is 6.73. The monoisotopic (exact) mass is 334 g/mol. The van der Waals surface area contributed by atoms with Crippen LogP contribution in [0, 0.1) is 0 Å². The van der Waals surface area contributed by atoms with Crippen LogP contribution in [0.1, 0.15) is 34.3 Å². The third kappa shape index (κ3) is 3.69. The second-order valence-electron chi connectivity index (χ2n) is 5.98. The minimum absolute atomic E-state index is 0.127. The largest absolute Gasteiger partial charge is 0.416 e. The predicted octanol–water partition coefficient (Wildman–Crippen LogP) is 4.09. The van der Waals surface area contributed by atoms with Crippen LogP contribution in [0.15, 0.2) is 48.5 Å². The molecule has 2 aromatic carbocycles. The summed E-state index contributed by atoms with van der Waals surface area (Å²) in [5.74, 6) is -0.127. The molecule has 3 rings (SSSR count). The molecule has 24 heavy (non-hydrogen) atoms. The summed E-state index contributed by atoms with van der Waals surface area (Å²) in [6.07, 6.45) is -2.52. The van der Waals surface area contributed by atoms with Gasteiger partial charge in [0.2, 0.25) is 0 Å². The van der Waals surface area contributed by atoms with Gasteiger partial charge in [-0.15, -0.1) is 0 Å². The van der Waals surface area contributed by atoms with E-state index in [9.17, 15) is 18.0 Å². The number of carbonyl (C=O) groups is 1. The lowest BCUT2D eigenvalue weighted by atomic mass is 10.1. The third-order valence-corrected chi connectivity index (χ3v) is 4.04. The van der Waals surface area contributed by atoms with Crippen molar-refractivity contribution in [1.82, 2.24) is 4.90 Å². The highest BCUT2D eigenvalue weighted by atomic mass is 19.4. The van der Waals surface area contributed by atoms with Gasteiger partial charge in [0.1, 0.15) is 0 Å². The summed E-state index contributed by atoms with van der Waals surface area (Å²) >= 11 is 0. The van der Waals surface area contributed by atoms with Crippen molar-refractivity contribution in [3.8, 4) is 0 Å². The van der Waals surface area contributed by atoms with Crippen molar-refractivity contribution in [2.75, 3.05) is 5.73 Å². The van der Waals surface area contributed by atoms with E-state index in [1.807, 2.05) is 0 Å². The van der Waals surface area contributed by atoms with Gasteiger partial charge in [0.15, 0.2) is 0 Å². The fourth-order valence-corrected chi connectivity index (χ4v) is 2.54. The Balaban J connectivity index is 1.77. The number of nitrogens with two attached hydrogens (primary N) is 1. The molecule has 1 fully saturated rings. The summed E-state index contributed by atoms with van der Waals surface area (Å²) in [7, 11) is 0. The van der Waals surface area contributed by atoms with Crippen LogP contribution in [-0.2, 0) is 12.7 Å². The molecule has 6 heteroatoms. The van der Waals surface area contributed by atoms with E-state index in [-0.39, 0.29) is 11.9 Å². The number of alkyl halides is 3. The molecule has 126 valence electrons. The first-order valence-electron chi connectivity index (χ1n) is 7.67. The summed E-state index contributed by atoms with van der Waals surface area (Å²) in [4.78, 5) is 14.4. The Hall–Kier alpha value is -2.50. The molecule has 0 radical (unpaired) electrons. The van der Waals surface area contributed by atoms with Crippen LogP contribution in [0.25, 0.3) is 0 Å². The van der Waals surface area contributed by atoms with Gasteiger partial charge >= 0.3 is 6.18 Å². The van der Waals surface area contributed by atoms with Gasteiger partial charge in [0.05, 0.1) is 5.56 Å². The number of benzene rings is 2. The number of rotatable bonds is 4. The van der Waals surface area contributed by atoms with Gasteiger partial charge in [0, 0.05) is 23.8 Å². The number of nitrogen functional groups attached to an aromatic ring is 1. The lowest BCUT2D eigenvalue weighted by Crippen LogP contribution is -2.32. The summed E-state index contributed by atoms with van der Waals surface area (Å²) in [6, 6.07) is 11.8. The van der Waals surface area contributed by atoms with E-state index in [2.05, 4.69) is 0 Å². The van der Waals surface area contributed by atoms with Crippen LogP contribution in [0.3, 0.4) is 0 Å². The van der Waals surface area contributed by atoms with E-state index in [4.69, 9.17) is 5.73 Å². The fraction of sp³-hybridized carbons (Fsp3) is 0.278. The minimum atomic E-state index is -4.35. The molecule has 1 aliphatic carbocycles. The van der Waals surface area contributed by atoms with Crippen LogP contribution in [0.2, 0.25) is 0 Å². The fourth-order valence-electron chi connectivity index (χ4n) is 2.54. The molecule has 1 aliphatic rings. The molecular weight excluding hydrogens is 317 g/mol. The second-order valence-corrected chi connectivity index (χ2v) is 5.98. The average molecular weight is 334 g/mol. The maximum absolute atomic E-state index is 12.7. The number of halogens is 3. The Morgan fingerprint density at radius 1 is 1.04 bits per heavy atom. The molecule has 0 aliphatic heterocycles. The van der Waals surface area contributed by atoms with Gasteiger partial charge in [-0.3, -0.25) is 4.79 Å². The van der Waals surface area contributed by atoms with Crippen LogP contribution in [-0.4, -0.2) is 16.8 Å². The van der Waals surface area contributed by atoms with E-state index < -0.39 is 11.7 Å². The van der Waals surface area contributed by atoms with Crippen molar-refractivity contribution in [3.63, 3.8) is 0 Å². The number of amides is 1. The summed E-state index contributed by atoms with van der Waals surface area (Å²) in [5, 5.41) is 0. The van der Waals surface area contributed by atoms with Gasteiger partial charge in [-0.05, 0) is 54.8 Å². The SMILES string of the molecule is Nc1ccc(C(=O)N(Cc2ccc(C(F)(F)F)cc2)C2CC2)cc1. The van der Waals surface area contributed by atoms with Gasteiger partial charge in [-0.1, -0.05) is 12.1 Å².